The minimum atomic E-state index is -0.667. The third-order valence-electron chi connectivity index (χ3n) is 4.66. The van der Waals surface area contributed by atoms with Gasteiger partial charge in [0.15, 0.2) is 0 Å². The Morgan fingerprint density at radius 3 is 2.54 bits per heavy atom. The van der Waals surface area contributed by atoms with Gasteiger partial charge in [0.05, 0.1) is 11.6 Å². The molecule has 0 spiro atoms. The maximum absolute atomic E-state index is 12.8. The number of aliphatic hydroxyl groups is 1. The third-order valence-corrected chi connectivity index (χ3v) is 5.19. The van der Waals surface area contributed by atoms with Crippen LogP contribution in [0.1, 0.15) is 23.6 Å². The summed E-state index contributed by atoms with van der Waals surface area (Å²) in [6.07, 6.45) is 3.98. The number of carbonyl (C=O) groups excluding carboxylic acids is 2. The Labute approximate surface area is 172 Å². The van der Waals surface area contributed by atoms with E-state index in [0.29, 0.717) is 17.7 Å². The molecular formula is C21H22BrN3O3. The molecule has 0 radical (unpaired) electrons. The van der Waals surface area contributed by atoms with Gasteiger partial charge in [-0.3, -0.25) is 14.6 Å². The maximum Gasteiger partial charge on any atom is 0.295 e. The Morgan fingerprint density at radius 2 is 1.93 bits per heavy atom. The lowest BCUT2D eigenvalue weighted by atomic mass is 9.96. The molecule has 1 aromatic carbocycles. The van der Waals surface area contributed by atoms with Crippen LogP contribution in [0.3, 0.4) is 0 Å². The number of amides is 1. The van der Waals surface area contributed by atoms with Gasteiger partial charge in [0.2, 0.25) is 0 Å². The lowest BCUT2D eigenvalue weighted by Gasteiger charge is -2.25. The Balaban J connectivity index is 2.06. The number of nitrogens with zero attached hydrogens (tertiary/aromatic N) is 3. The predicted octanol–water partition coefficient (Wildman–Crippen LogP) is 3.22. The molecule has 2 aromatic rings. The minimum absolute atomic E-state index is 0.102. The summed E-state index contributed by atoms with van der Waals surface area (Å²) >= 11 is 3.36. The van der Waals surface area contributed by atoms with Gasteiger partial charge < -0.3 is 14.9 Å². The molecule has 2 heterocycles. The van der Waals surface area contributed by atoms with Gasteiger partial charge in [0, 0.05) is 29.0 Å². The first-order valence-electron chi connectivity index (χ1n) is 8.99. The van der Waals surface area contributed by atoms with Crippen molar-refractivity contribution >= 4 is 33.4 Å². The van der Waals surface area contributed by atoms with Crippen LogP contribution in [-0.2, 0) is 9.59 Å². The molecule has 1 fully saturated rings. The Bertz CT molecular complexity index is 895. The molecule has 6 nitrogen and oxygen atoms in total. The number of Topliss-reactive ketones (excluding diaryl/α,β-unsaturated/α-hetero) is 1. The number of halogens is 1. The van der Waals surface area contributed by atoms with E-state index < -0.39 is 17.7 Å². The molecule has 1 aliphatic rings. The van der Waals surface area contributed by atoms with E-state index in [-0.39, 0.29) is 11.3 Å². The van der Waals surface area contributed by atoms with Crippen LogP contribution < -0.4 is 0 Å². The molecule has 7 heteroatoms. The standard InChI is InChI=1S/C21H22BrN3O3/c1-24(2)11-4-12-25-18(15-5-3-10-23-13-15)17(20(27)21(25)28)19(26)14-6-8-16(22)9-7-14/h3,5-10,13,18,26H,4,11-12H2,1-2H3/t18-/m1/s1. The smallest absolute Gasteiger partial charge is 0.295 e. The number of ketones is 1. The fourth-order valence-electron chi connectivity index (χ4n) is 3.32. The van der Waals surface area contributed by atoms with E-state index >= 15 is 0 Å². The van der Waals surface area contributed by atoms with Crippen molar-refractivity contribution in [3.63, 3.8) is 0 Å². The molecular weight excluding hydrogens is 422 g/mol. The molecule has 1 amide bonds. The molecule has 1 atom stereocenters. The van der Waals surface area contributed by atoms with E-state index in [1.165, 1.54) is 4.90 Å². The number of rotatable bonds is 6. The third kappa shape index (κ3) is 4.15. The molecule has 1 saturated heterocycles. The van der Waals surface area contributed by atoms with Crippen LogP contribution in [0.15, 0.2) is 58.8 Å². The van der Waals surface area contributed by atoms with Crippen molar-refractivity contribution < 1.29 is 14.7 Å². The monoisotopic (exact) mass is 443 g/mol. The largest absolute Gasteiger partial charge is 0.507 e. The van der Waals surface area contributed by atoms with Crippen LogP contribution >= 0.6 is 15.9 Å². The van der Waals surface area contributed by atoms with Crippen LogP contribution in [0.25, 0.3) is 5.76 Å². The van der Waals surface area contributed by atoms with E-state index in [4.69, 9.17) is 0 Å². The van der Waals surface area contributed by atoms with Gasteiger partial charge in [-0.1, -0.05) is 34.1 Å². The van der Waals surface area contributed by atoms with Crippen LogP contribution in [0, 0.1) is 0 Å². The normalized spacial score (nSPS) is 18.9. The fraction of sp³-hybridized carbons (Fsp3) is 0.286. The lowest BCUT2D eigenvalue weighted by molar-refractivity contribution is -0.139. The summed E-state index contributed by atoms with van der Waals surface area (Å²) in [7, 11) is 3.92. The first-order chi connectivity index (χ1) is 13.4. The van der Waals surface area contributed by atoms with Gasteiger partial charge in [-0.2, -0.15) is 0 Å². The molecule has 28 heavy (non-hydrogen) atoms. The molecule has 1 aromatic heterocycles. The van der Waals surface area contributed by atoms with E-state index in [1.807, 2.05) is 25.1 Å². The maximum atomic E-state index is 12.8. The highest BCUT2D eigenvalue weighted by atomic mass is 79.9. The highest BCUT2D eigenvalue weighted by molar-refractivity contribution is 9.10. The highest BCUT2D eigenvalue weighted by Gasteiger charge is 2.45. The second-order valence-electron chi connectivity index (χ2n) is 6.94. The van der Waals surface area contributed by atoms with E-state index in [9.17, 15) is 14.7 Å². The van der Waals surface area contributed by atoms with E-state index in [1.54, 1.807) is 42.7 Å². The van der Waals surface area contributed by atoms with Crippen molar-refractivity contribution in [1.29, 1.82) is 0 Å². The summed E-state index contributed by atoms with van der Waals surface area (Å²) in [4.78, 5) is 33.3. The van der Waals surface area contributed by atoms with Crippen LogP contribution in [0.5, 0.6) is 0 Å². The van der Waals surface area contributed by atoms with Crippen LogP contribution in [0.2, 0.25) is 0 Å². The van der Waals surface area contributed by atoms with Crippen LogP contribution in [0.4, 0.5) is 0 Å². The summed E-state index contributed by atoms with van der Waals surface area (Å²) in [5.74, 6) is -1.43. The summed E-state index contributed by atoms with van der Waals surface area (Å²) < 4.78 is 0.858. The Hall–Kier alpha value is -2.51. The van der Waals surface area contributed by atoms with Gasteiger partial charge in [-0.25, -0.2) is 0 Å². The van der Waals surface area contributed by atoms with E-state index in [0.717, 1.165) is 17.4 Å². The Kier molecular flexibility index (Phi) is 6.26. The summed E-state index contributed by atoms with van der Waals surface area (Å²) in [5, 5.41) is 10.9. The zero-order valence-corrected chi connectivity index (χ0v) is 17.4. The summed E-state index contributed by atoms with van der Waals surface area (Å²) in [5.41, 5.74) is 1.29. The average molecular weight is 444 g/mol. The first kappa shape index (κ1) is 20.2. The predicted molar refractivity (Wildman–Crippen MR) is 111 cm³/mol. The molecule has 0 saturated carbocycles. The molecule has 0 aliphatic carbocycles. The van der Waals surface area contributed by atoms with Crippen molar-refractivity contribution in [2.45, 2.75) is 12.5 Å². The van der Waals surface area contributed by atoms with Gasteiger partial charge in [0.25, 0.3) is 11.7 Å². The number of aromatic nitrogens is 1. The SMILES string of the molecule is CN(C)CCCN1C(=O)C(=O)C(=C(O)c2ccc(Br)cc2)[C@H]1c1cccnc1. The number of hydrogen-bond acceptors (Lipinski definition) is 5. The quantitative estimate of drug-likeness (QED) is 0.421. The number of hydrogen-bond donors (Lipinski definition) is 1. The zero-order chi connectivity index (χ0) is 20.3. The topological polar surface area (TPSA) is 73.7 Å². The number of aliphatic hydroxyl groups excluding tert-OH is 1. The minimum Gasteiger partial charge on any atom is -0.507 e. The molecule has 3 rings (SSSR count). The molecule has 0 unspecified atom stereocenters. The van der Waals surface area contributed by atoms with Crippen molar-refractivity contribution in [2.75, 3.05) is 27.2 Å². The van der Waals surface area contributed by atoms with Gasteiger partial charge in [0.1, 0.15) is 5.76 Å². The van der Waals surface area contributed by atoms with Gasteiger partial charge in [-0.15, -0.1) is 0 Å². The lowest BCUT2D eigenvalue weighted by Crippen LogP contribution is -2.32. The van der Waals surface area contributed by atoms with Crippen LogP contribution in [-0.4, -0.2) is 58.8 Å². The second-order valence-corrected chi connectivity index (χ2v) is 7.86. The number of pyridine rings is 1. The zero-order valence-electron chi connectivity index (χ0n) is 15.8. The van der Waals surface area contributed by atoms with Crippen molar-refractivity contribution in [1.82, 2.24) is 14.8 Å². The van der Waals surface area contributed by atoms with Crippen molar-refractivity contribution in [3.8, 4) is 0 Å². The molecule has 0 bridgehead atoms. The molecule has 146 valence electrons. The van der Waals surface area contributed by atoms with Gasteiger partial charge >= 0.3 is 0 Å². The number of likely N-dealkylation sites (tertiary alicyclic amines) is 1. The average Bonchev–Trinajstić information content (AvgIpc) is 2.93. The summed E-state index contributed by atoms with van der Waals surface area (Å²) in [6.45, 7) is 1.20. The fourth-order valence-corrected chi connectivity index (χ4v) is 3.58. The van der Waals surface area contributed by atoms with Crippen molar-refractivity contribution in [3.05, 3.63) is 70.0 Å². The number of carbonyl (C=O) groups is 2. The highest BCUT2D eigenvalue weighted by Crippen LogP contribution is 2.39. The van der Waals surface area contributed by atoms with Crippen molar-refractivity contribution in [2.24, 2.45) is 0 Å². The number of benzene rings is 1. The summed E-state index contributed by atoms with van der Waals surface area (Å²) in [6, 6.07) is 9.90. The second kappa shape index (κ2) is 8.67. The molecule has 1 N–H and O–H groups in total. The molecule has 1 aliphatic heterocycles. The first-order valence-corrected chi connectivity index (χ1v) is 9.78. The van der Waals surface area contributed by atoms with E-state index in [2.05, 4.69) is 20.9 Å². The Morgan fingerprint density at radius 1 is 1.21 bits per heavy atom. The van der Waals surface area contributed by atoms with Gasteiger partial charge in [-0.05, 0) is 50.8 Å².